The molecule has 2 aromatic carbocycles. The van der Waals surface area contributed by atoms with Crippen LogP contribution in [0.25, 0.3) is 11.0 Å². The first kappa shape index (κ1) is 27.6. The third-order valence-electron chi connectivity index (χ3n) is 5.62. The SMILES string of the molecule is C=CN(C)/C(C)=N\C(=C)S(=O)(=O)Nc1cc2c(cc1Oc1cccc(OCC(C)C)c1)n(C)c(=O)n2C. The Hall–Kier alpha value is -3.99. The molecule has 0 aliphatic heterocycles. The Bertz CT molecular complexity index is 1530. The minimum Gasteiger partial charge on any atom is -0.493 e. The summed E-state index contributed by atoms with van der Waals surface area (Å²) in [5.74, 6) is 1.97. The maximum atomic E-state index is 13.1. The highest BCUT2D eigenvalue weighted by Crippen LogP contribution is 2.36. The van der Waals surface area contributed by atoms with Gasteiger partial charge in [0, 0.05) is 33.3 Å². The lowest BCUT2D eigenvalue weighted by molar-refractivity contribution is 0.270. The van der Waals surface area contributed by atoms with Gasteiger partial charge in [-0.3, -0.25) is 13.9 Å². The van der Waals surface area contributed by atoms with Crippen molar-refractivity contribution in [2.75, 3.05) is 18.4 Å². The quantitative estimate of drug-likeness (QED) is 0.309. The number of sulfonamides is 1. The van der Waals surface area contributed by atoms with Gasteiger partial charge in [0.2, 0.25) is 0 Å². The van der Waals surface area contributed by atoms with Crippen molar-refractivity contribution in [3.05, 3.63) is 71.3 Å². The normalized spacial score (nSPS) is 12.0. The molecule has 3 aromatic rings. The summed E-state index contributed by atoms with van der Waals surface area (Å²) in [4.78, 5) is 18.2. The van der Waals surface area contributed by atoms with E-state index in [1.54, 1.807) is 63.3 Å². The van der Waals surface area contributed by atoms with Crippen LogP contribution < -0.4 is 19.9 Å². The Kier molecular flexibility index (Phi) is 8.17. The van der Waals surface area contributed by atoms with Crippen molar-refractivity contribution in [2.24, 2.45) is 25.0 Å². The van der Waals surface area contributed by atoms with Crippen LogP contribution >= 0.6 is 0 Å². The molecule has 0 bridgehead atoms. The molecule has 0 aliphatic carbocycles. The van der Waals surface area contributed by atoms with E-state index < -0.39 is 15.1 Å². The molecule has 0 unspecified atom stereocenters. The fourth-order valence-electron chi connectivity index (χ4n) is 3.36. The third-order valence-corrected chi connectivity index (χ3v) is 6.82. The molecule has 1 heterocycles. The molecule has 0 amide bonds. The number of benzene rings is 2. The van der Waals surface area contributed by atoms with Gasteiger partial charge >= 0.3 is 5.69 Å². The van der Waals surface area contributed by atoms with E-state index in [1.165, 1.54) is 15.3 Å². The molecule has 11 heteroatoms. The van der Waals surface area contributed by atoms with Gasteiger partial charge in [-0.1, -0.05) is 33.1 Å². The van der Waals surface area contributed by atoms with Crippen LogP contribution in [0.2, 0.25) is 0 Å². The lowest BCUT2D eigenvalue weighted by Gasteiger charge is -2.16. The number of imidazole rings is 1. The molecule has 198 valence electrons. The van der Waals surface area contributed by atoms with Crippen LogP contribution in [0.5, 0.6) is 17.2 Å². The summed E-state index contributed by atoms with van der Waals surface area (Å²) < 4.78 is 43.6. The van der Waals surface area contributed by atoms with E-state index in [4.69, 9.17) is 9.47 Å². The summed E-state index contributed by atoms with van der Waals surface area (Å²) in [6.45, 7) is 13.5. The zero-order valence-corrected chi connectivity index (χ0v) is 22.8. The minimum absolute atomic E-state index is 0.119. The summed E-state index contributed by atoms with van der Waals surface area (Å²) in [5.41, 5.74) is 0.941. The molecule has 0 saturated carbocycles. The fourth-order valence-corrected chi connectivity index (χ4v) is 4.18. The predicted octanol–water partition coefficient (Wildman–Crippen LogP) is 4.41. The monoisotopic (exact) mass is 527 g/mol. The van der Waals surface area contributed by atoms with Gasteiger partial charge in [-0.2, -0.15) is 8.42 Å². The number of nitrogens with zero attached hydrogens (tertiary/aromatic N) is 4. The number of aromatic nitrogens is 2. The summed E-state index contributed by atoms with van der Waals surface area (Å²) in [6.07, 6.45) is 1.50. The molecule has 0 atom stereocenters. The maximum absolute atomic E-state index is 13.1. The van der Waals surface area contributed by atoms with Crippen molar-refractivity contribution in [1.29, 1.82) is 0 Å². The van der Waals surface area contributed by atoms with Gasteiger partial charge in [0.25, 0.3) is 10.0 Å². The highest BCUT2D eigenvalue weighted by Gasteiger charge is 2.21. The Morgan fingerprint density at radius 2 is 1.78 bits per heavy atom. The number of hydrogen-bond acceptors (Lipinski definition) is 6. The van der Waals surface area contributed by atoms with Gasteiger partial charge in [-0.15, -0.1) is 0 Å². The number of aliphatic imine (C=N–C) groups is 1. The van der Waals surface area contributed by atoms with Gasteiger partial charge in [0.05, 0.1) is 23.3 Å². The topological polar surface area (TPSA) is 107 Å². The Morgan fingerprint density at radius 3 is 2.41 bits per heavy atom. The van der Waals surface area contributed by atoms with Crippen LogP contribution in [0.15, 0.2) is 70.6 Å². The van der Waals surface area contributed by atoms with E-state index in [2.05, 4.69) is 22.9 Å². The van der Waals surface area contributed by atoms with Crippen molar-refractivity contribution in [3.8, 4) is 17.2 Å². The molecule has 3 rings (SSSR count). The molecule has 0 spiro atoms. The fraction of sp³-hybridized carbons (Fsp3) is 0.308. The number of ether oxygens (including phenoxy) is 2. The van der Waals surface area contributed by atoms with Crippen molar-refractivity contribution >= 4 is 32.6 Å². The standard InChI is InChI=1S/C26H33N5O5S/c1-9-29(6)18(4)27-19(5)37(33,34)28-22-14-23-24(31(8)26(32)30(23)7)15-25(22)36-21-12-10-11-20(13-21)35-16-17(2)3/h9-15,17,28H,1,5,16H2,2-4,6-8H3/b27-18-. The highest BCUT2D eigenvalue weighted by atomic mass is 32.2. The second-order valence-electron chi connectivity index (χ2n) is 8.97. The van der Waals surface area contributed by atoms with E-state index in [-0.39, 0.29) is 17.1 Å². The highest BCUT2D eigenvalue weighted by molar-refractivity contribution is 7.96. The number of anilines is 1. The summed E-state index contributed by atoms with van der Waals surface area (Å²) in [6, 6.07) is 10.2. The lowest BCUT2D eigenvalue weighted by Crippen LogP contribution is -2.20. The first-order valence-electron chi connectivity index (χ1n) is 11.6. The average molecular weight is 528 g/mol. The second-order valence-corrected chi connectivity index (χ2v) is 10.7. The second kappa shape index (κ2) is 11.0. The van der Waals surface area contributed by atoms with Crippen LogP contribution in [-0.2, 0) is 24.1 Å². The maximum Gasteiger partial charge on any atom is 0.328 e. The van der Waals surface area contributed by atoms with E-state index >= 15 is 0 Å². The molecule has 0 radical (unpaired) electrons. The van der Waals surface area contributed by atoms with Crippen LogP contribution in [0.4, 0.5) is 5.69 Å². The Morgan fingerprint density at radius 1 is 1.16 bits per heavy atom. The van der Waals surface area contributed by atoms with E-state index in [0.29, 0.717) is 40.9 Å². The van der Waals surface area contributed by atoms with Crippen molar-refractivity contribution in [1.82, 2.24) is 14.0 Å². The molecule has 0 fully saturated rings. The number of hydrogen-bond donors (Lipinski definition) is 1. The smallest absolute Gasteiger partial charge is 0.328 e. The van der Waals surface area contributed by atoms with Crippen LogP contribution in [0.3, 0.4) is 0 Å². The first-order chi connectivity index (χ1) is 17.3. The van der Waals surface area contributed by atoms with E-state index in [0.717, 1.165) is 0 Å². The third kappa shape index (κ3) is 6.23. The van der Waals surface area contributed by atoms with Gasteiger partial charge in [0.1, 0.15) is 17.3 Å². The van der Waals surface area contributed by atoms with Gasteiger partial charge < -0.3 is 14.4 Å². The molecule has 10 nitrogen and oxygen atoms in total. The van der Waals surface area contributed by atoms with Crippen molar-refractivity contribution < 1.29 is 17.9 Å². The number of rotatable bonds is 10. The number of aryl methyl sites for hydroxylation is 2. The van der Waals surface area contributed by atoms with E-state index in [9.17, 15) is 13.2 Å². The van der Waals surface area contributed by atoms with E-state index in [1.807, 2.05) is 19.9 Å². The van der Waals surface area contributed by atoms with Crippen molar-refractivity contribution in [2.45, 2.75) is 20.8 Å². The van der Waals surface area contributed by atoms with Gasteiger partial charge in [0.15, 0.2) is 10.8 Å². The molecule has 1 aromatic heterocycles. The molecular formula is C26H33N5O5S. The zero-order chi connectivity index (χ0) is 27.5. The minimum atomic E-state index is -4.17. The molecule has 0 aliphatic rings. The molecule has 1 N–H and O–H groups in total. The number of fused-ring (bicyclic) bond motifs is 1. The lowest BCUT2D eigenvalue weighted by atomic mass is 10.2. The zero-order valence-electron chi connectivity index (χ0n) is 22.0. The first-order valence-corrected chi connectivity index (χ1v) is 13.0. The predicted molar refractivity (Wildman–Crippen MR) is 148 cm³/mol. The van der Waals surface area contributed by atoms with Crippen LogP contribution in [-0.4, -0.2) is 41.9 Å². The van der Waals surface area contributed by atoms with Crippen LogP contribution in [0, 0.1) is 5.92 Å². The summed E-state index contributed by atoms with van der Waals surface area (Å²) in [7, 11) is 0.762. The largest absolute Gasteiger partial charge is 0.493 e. The molecule has 37 heavy (non-hydrogen) atoms. The molecule has 0 saturated heterocycles. The summed E-state index contributed by atoms with van der Waals surface area (Å²) >= 11 is 0. The van der Waals surface area contributed by atoms with Gasteiger partial charge in [-0.25, -0.2) is 9.79 Å². The van der Waals surface area contributed by atoms with Gasteiger partial charge in [-0.05, 0) is 37.2 Å². The Labute approximate surface area is 217 Å². The number of amidine groups is 1. The Balaban J connectivity index is 2.06. The van der Waals surface area contributed by atoms with Crippen LogP contribution in [0.1, 0.15) is 20.8 Å². The van der Waals surface area contributed by atoms with Crippen molar-refractivity contribution in [3.63, 3.8) is 0 Å². The number of nitrogens with one attached hydrogen (secondary N) is 1. The molecular weight excluding hydrogens is 494 g/mol. The average Bonchev–Trinajstić information content (AvgIpc) is 3.05. The summed E-state index contributed by atoms with van der Waals surface area (Å²) in [5, 5.41) is -0.393.